The first kappa shape index (κ1) is 54.7. The third kappa shape index (κ3) is 12.6. The maximum atomic E-state index is 14.7. The number of para-hydroxylation sites is 1. The molecule has 21 heteroatoms. The minimum absolute atomic E-state index is 0.0130. The Labute approximate surface area is 417 Å². The van der Waals surface area contributed by atoms with Crippen LogP contribution < -0.4 is 15.5 Å². The molecule has 2 aromatic rings. The van der Waals surface area contributed by atoms with Crippen molar-refractivity contribution in [3.8, 4) is 0 Å². The van der Waals surface area contributed by atoms with Crippen molar-refractivity contribution in [1.82, 2.24) is 25.5 Å². The first-order valence-corrected chi connectivity index (χ1v) is 27.1. The fourth-order valence-corrected chi connectivity index (χ4v) is 10.7. The molecule has 386 valence electrons. The number of nitrogens with one attached hydrogen (secondary N) is 2. The number of hydrogen-bond donors (Lipinski definition) is 4. The number of ketones is 1. The average molecular weight is 1020 g/mol. The van der Waals surface area contributed by atoms with Gasteiger partial charge in [-0.15, -0.1) is 5.06 Å². The zero-order valence-corrected chi connectivity index (χ0v) is 43.5. The Balaban J connectivity index is 1.26. The molecule has 1 unspecified atom stereocenters. The van der Waals surface area contributed by atoms with Gasteiger partial charge in [-0.1, -0.05) is 45.4 Å². The van der Waals surface area contributed by atoms with Crippen LogP contribution in [-0.2, 0) is 59.9 Å². The van der Waals surface area contributed by atoms with Gasteiger partial charge in [-0.25, -0.2) is 4.79 Å². The second-order valence-electron chi connectivity index (χ2n) is 19.7. The summed E-state index contributed by atoms with van der Waals surface area (Å²) in [6, 6.07) is 10.7. The predicted molar refractivity (Wildman–Crippen MR) is 267 cm³/mol. The number of benzene rings is 2. The number of carbonyl (C=O) groups excluding carboxylic acids is 5. The molecule has 1 saturated heterocycles. The van der Waals surface area contributed by atoms with E-state index in [1.807, 2.05) is 44.0 Å². The van der Waals surface area contributed by atoms with Crippen molar-refractivity contribution >= 4 is 66.8 Å². The molecule has 0 spiro atoms. The summed E-state index contributed by atoms with van der Waals surface area (Å²) in [6.45, 7) is 13.5. The minimum atomic E-state index is -4.77. The number of hydrogen-bond acceptors (Lipinski definition) is 14. The van der Waals surface area contributed by atoms with Gasteiger partial charge in [0, 0.05) is 79.0 Å². The molecule has 1 fully saturated rings. The largest absolute Gasteiger partial charge is 0.372 e. The molecule has 2 aromatic carbocycles. The van der Waals surface area contributed by atoms with Crippen LogP contribution in [0.1, 0.15) is 97.1 Å². The monoisotopic (exact) mass is 1020 g/mol. The molecule has 3 heterocycles. The molecule has 71 heavy (non-hydrogen) atoms. The Kier molecular flexibility index (Phi) is 17.0. The van der Waals surface area contributed by atoms with E-state index in [-0.39, 0.29) is 53.3 Å². The summed E-state index contributed by atoms with van der Waals surface area (Å²) >= 11 is 0. The Morgan fingerprint density at radius 1 is 0.859 bits per heavy atom. The summed E-state index contributed by atoms with van der Waals surface area (Å²) in [6.07, 6.45) is 7.06. The van der Waals surface area contributed by atoms with Crippen molar-refractivity contribution in [1.29, 1.82) is 0 Å². The summed E-state index contributed by atoms with van der Waals surface area (Å²) in [4.78, 5) is 75.4. The maximum absolute atomic E-state index is 14.7. The van der Waals surface area contributed by atoms with E-state index < -0.39 is 66.6 Å². The van der Waals surface area contributed by atoms with E-state index in [1.165, 1.54) is 12.1 Å². The number of likely N-dealkylation sites (N-methyl/N-ethyl adjacent to an activating group) is 1. The van der Waals surface area contributed by atoms with Crippen molar-refractivity contribution in [2.24, 2.45) is 0 Å². The lowest BCUT2D eigenvalue weighted by molar-refractivity contribution is -0.401. The van der Waals surface area contributed by atoms with Crippen LogP contribution in [0.5, 0.6) is 0 Å². The molecule has 0 aromatic heterocycles. The third-order valence-electron chi connectivity index (χ3n) is 13.8. The predicted octanol–water partition coefficient (Wildman–Crippen LogP) is 4.18. The van der Waals surface area contributed by atoms with E-state index in [0.717, 1.165) is 42.9 Å². The van der Waals surface area contributed by atoms with E-state index in [0.29, 0.717) is 60.9 Å². The maximum Gasteiger partial charge on any atom is 0.333 e. The molecule has 4 aliphatic rings. The van der Waals surface area contributed by atoms with Gasteiger partial charge in [0.2, 0.25) is 11.6 Å². The lowest BCUT2D eigenvalue weighted by atomic mass is 9.76. The molecule has 1 atom stereocenters. The van der Waals surface area contributed by atoms with Gasteiger partial charge in [0.05, 0.1) is 21.6 Å². The molecule has 3 amide bonds. The Bertz CT molecular complexity index is 2800. The van der Waals surface area contributed by atoms with Crippen molar-refractivity contribution in [3.05, 3.63) is 88.3 Å². The summed E-state index contributed by atoms with van der Waals surface area (Å²) < 4.78 is 71.4. The summed E-state index contributed by atoms with van der Waals surface area (Å²) in [7, 11) is -3.65. The van der Waals surface area contributed by atoms with Gasteiger partial charge in [-0.3, -0.25) is 28.3 Å². The summed E-state index contributed by atoms with van der Waals surface area (Å²) in [5.74, 6) is -3.90. The molecule has 0 saturated carbocycles. The second kappa shape index (κ2) is 22.0. The van der Waals surface area contributed by atoms with Gasteiger partial charge < -0.3 is 30.2 Å². The number of fused-ring (bicyclic) bond motifs is 2. The summed E-state index contributed by atoms with van der Waals surface area (Å²) in [5.41, 5.74) is 3.71. The zero-order chi connectivity index (χ0) is 52.2. The molecule has 4 N–H and O–H groups in total. The van der Waals surface area contributed by atoms with Crippen LogP contribution in [0.2, 0.25) is 0 Å². The van der Waals surface area contributed by atoms with Gasteiger partial charge in [0.15, 0.2) is 11.5 Å². The topological polar surface area (TPSA) is 243 Å². The van der Waals surface area contributed by atoms with E-state index >= 15 is 0 Å². The van der Waals surface area contributed by atoms with Crippen LogP contribution in [-0.4, -0.2) is 153 Å². The van der Waals surface area contributed by atoms with Gasteiger partial charge in [0.25, 0.3) is 32.1 Å². The molecular formula is C50H68N7O12S2+. The average Bonchev–Trinajstić information content (AvgIpc) is 3.80. The molecule has 19 nitrogen and oxygen atoms in total. The third-order valence-corrected chi connectivity index (χ3v) is 15.4. The fourth-order valence-electron chi connectivity index (χ4n) is 9.55. The molecule has 0 bridgehead atoms. The van der Waals surface area contributed by atoms with Crippen molar-refractivity contribution < 1.29 is 59.3 Å². The SMILES string of the molecule is CCN(C)CCCCN1/C(=C/C2=C(NC(CS(=O)(=O)O)C(=O)NCCN(C)CCCCCC(=O)ON3C(=O)CCC3=O)C(=C/C3=[N+](C)c4ccc(S(=O)(=O)O)cc4C3(C)C)/C2=O)C(C)(C)c2ccccc21. The van der Waals surface area contributed by atoms with Gasteiger partial charge in [-0.2, -0.15) is 21.4 Å². The number of anilines is 1. The number of imide groups is 1. The Morgan fingerprint density at radius 3 is 2.18 bits per heavy atom. The number of Topliss-reactive ketones (excluding diaryl/α,β-unsaturated/α-hetero) is 1. The number of unbranched alkanes of at least 4 members (excludes halogenated alkanes) is 3. The first-order valence-electron chi connectivity index (χ1n) is 24.0. The molecule has 0 radical (unpaired) electrons. The highest BCUT2D eigenvalue weighted by molar-refractivity contribution is 7.86. The fraction of sp³-hybridized carbons (Fsp3) is 0.520. The van der Waals surface area contributed by atoms with Gasteiger partial charge in [0.1, 0.15) is 18.8 Å². The Morgan fingerprint density at radius 2 is 1.52 bits per heavy atom. The highest BCUT2D eigenvalue weighted by Gasteiger charge is 2.47. The standard InChI is InChI=1S/C50H67N7O12S2/c1-9-53(6)25-15-16-27-56-40-18-13-12-17-36(40)49(2,3)42(56)31-35-46(34(47(35)61)30-41-50(4,5)37-29-33(71(66,67)68)20-21-39(37)55(41)8)52-38(32-70(63,64)65)48(62)51-24-28-54(7)26-14-10-11-19-45(60)69-57-43(58)22-23-44(57)59/h12-13,17-18,20-21,29-31,38H,9-11,14-16,19,22-28,32H2,1-8H3,(H3-,51,52,61,62,63,64,65,66,67,68)/p+1. The molecule has 1 aliphatic carbocycles. The Hall–Kier alpha value is -5.58. The van der Waals surface area contributed by atoms with Gasteiger partial charge in [-0.05, 0) is 103 Å². The highest BCUT2D eigenvalue weighted by atomic mass is 32.2. The quantitative estimate of drug-likeness (QED) is 0.0379. The van der Waals surface area contributed by atoms with E-state index in [9.17, 15) is 49.9 Å². The van der Waals surface area contributed by atoms with Crippen LogP contribution in [0.15, 0.2) is 82.1 Å². The zero-order valence-electron chi connectivity index (χ0n) is 41.9. The van der Waals surface area contributed by atoms with Crippen molar-refractivity contribution in [2.45, 2.75) is 108 Å². The van der Waals surface area contributed by atoms with Crippen LogP contribution in [0.25, 0.3) is 0 Å². The number of allylic oxidation sites excluding steroid dienone is 5. The molecule has 3 aliphatic heterocycles. The second-order valence-corrected chi connectivity index (χ2v) is 22.6. The van der Waals surface area contributed by atoms with Crippen LogP contribution in [0.3, 0.4) is 0 Å². The van der Waals surface area contributed by atoms with Gasteiger partial charge >= 0.3 is 5.97 Å². The lowest BCUT2D eigenvalue weighted by Gasteiger charge is -2.32. The minimum Gasteiger partial charge on any atom is -0.372 e. The summed E-state index contributed by atoms with van der Waals surface area (Å²) in [5, 5.41) is 6.38. The number of nitrogens with zero attached hydrogens (tertiary/aromatic N) is 5. The normalized spacial score (nSPS) is 19.1. The van der Waals surface area contributed by atoms with Crippen LogP contribution in [0.4, 0.5) is 11.4 Å². The van der Waals surface area contributed by atoms with E-state index in [4.69, 9.17) is 4.84 Å². The van der Waals surface area contributed by atoms with Crippen molar-refractivity contribution in [3.63, 3.8) is 0 Å². The lowest BCUT2D eigenvalue weighted by Crippen LogP contribution is -2.51. The number of amides is 3. The van der Waals surface area contributed by atoms with Crippen LogP contribution >= 0.6 is 0 Å². The highest BCUT2D eigenvalue weighted by Crippen LogP contribution is 2.49. The first-order chi connectivity index (χ1) is 33.3. The molecular weight excluding hydrogens is 955 g/mol. The van der Waals surface area contributed by atoms with E-state index in [2.05, 4.69) is 54.3 Å². The smallest absolute Gasteiger partial charge is 0.333 e. The van der Waals surface area contributed by atoms with Crippen molar-refractivity contribution in [2.75, 3.05) is 71.1 Å². The molecule has 6 rings (SSSR count). The number of carbonyl (C=O) groups is 5. The number of rotatable bonds is 24. The van der Waals surface area contributed by atoms with E-state index in [1.54, 1.807) is 29.8 Å². The number of hydroxylamine groups is 2. The van der Waals surface area contributed by atoms with Crippen LogP contribution in [0, 0.1) is 0 Å².